The van der Waals surface area contributed by atoms with Crippen molar-refractivity contribution < 1.29 is 32.9 Å². The van der Waals surface area contributed by atoms with E-state index >= 15 is 0 Å². The van der Waals surface area contributed by atoms with Gasteiger partial charge in [0.2, 0.25) is 5.82 Å². The molecule has 0 spiro atoms. The van der Waals surface area contributed by atoms with Crippen LogP contribution in [0, 0.1) is 11.6 Å². The van der Waals surface area contributed by atoms with Gasteiger partial charge in [-0.3, -0.25) is 0 Å². The monoisotopic (exact) mass is 426 g/mol. The van der Waals surface area contributed by atoms with E-state index in [0.29, 0.717) is 11.1 Å². The van der Waals surface area contributed by atoms with Gasteiger partial charge in [0.1, 0.15) is 18.8 Å². The lowest BCUT2D eigenvalue weighted by Crippen LogP contribution is -2.07. The highest BCUT2D eigenvalue weighted by Crippen LogP contribution is 2.31. The van der Waals surface area contributed by atoms with Crippen molar-refractivity contribution in [2.24, 2.45) is 0 Å². The molecule has 0 aliphatic heterocycles. The first-order valence-electron chi connectivity index (χ1n) is 9.33. The molecule has 3 aromatic carbocycles. The molecule has 0 amide bonds. The third kappa shape index (κ3) is 5.39. The first kappa shape index (κ1) is 21.8. The summed E-state index contributed by atoms with van der Waals surface area (Å²) >= 11 is 0. The topological polar surface area (TPSA) is 65.0 Å². The van der Waals surface area contributed by atoms with Crippen molar-refractivity contribution >= 4 is 11.5 Å². The summed E-state index contributed by atoms with van der Waals surface area (Å²) < 4.78 is 44.7. The first-order valence-corrected chi connectivity index (χ1v) is 9.33. The Bertz CT molecular complexity index is 1080. The lowest BCUT2D eigenvalue weighted by molar-refractivity contribution is -0.130. The van der Waals surface area contributed by atoms with Crippen molar-refractivity contribution in [3.05, 3.63) is 101 Å². The zero-order chi connectivity index (χ0) is 22.2. The fraction of sp³-hybridized carbons (Fsp3) is 0.125. The fourth-order valence-corrected chi connectivity index (χ4v) is 2.90. The number of carboxylic acids is 1. The molecule has 0 aliphatic rings. The SMILES string of the molecule is COC=C(C(=O)O)c1ccccc1COc1ccc(F)c(OCc2ccccc2)c1F. The Hall–Kier alpha value is -3.87. The standard InChI is InChI=1S/C24H20F2O5/c1-29-15-19(24(27)28)18-10-6-5-9-17(18)14-30-21-12-11-20(25)23(22(21)26)31-13-16-7-3-2-4-8-16/h2-12,15H,13-14H2,1H3,(H,27,28). The van der Waals surface area contributed by atoms with Crippen LogP contribution in [0.25, 0.3) is 5.57 Å². The van der Waals surface area contributed by atoms with E-state index in [1.54, 1.807) is 48.5 Å². The van der Waals surface area contributed by atoms with Gasteiger partial charge in [0, 0.05) is 0 Å². The van der Waals surface area contributed by atoms with Crippen molar-refractivity contribution in [3.8, 4) is 11.5 Å². The molecule has 31 heavy (non-hydrogen) atoms. The smallest absolute Gasteiger partial charge is 0.339 e. The van der Waals surface area contributed by atoms with Gasteiger partial charge >= 0.3 is 5.97 Å². The second-order valence-corrected chi connectivity index (χ2v) is 6.48. The highest BCUT2D eigenvalue weighted by molar-refractivity contribution is 6.15. The van der Waals surface area contributed by atoms with Crippen LogP contribution >= 0.6 is 0 Å². The first-order chi connectivity index (χ1) is 15.0. The number of hydrogen-bond acceptors (Lipinski definition) is 4. The Morgan fingerprint density at radius 3 is 2.35 bits per heavy atom. The average molecular weight is 426 g/mol. The van der Waals surface area contributed by atoms with E-state index in [4.69, 9.17) is 14.2 Å². The molecule has 3 rings (SSSR count). The third-order valence-corrected chi connectivity index (χ3v) is 4.40. The minimum absolute atomic E-state index is 0.00918. The lowest BCUT2D eigenvalue weighted by atomic mass is 10.0. The molecule has 1 N–H and O–H groups in total. The number of methoxy groups -OCH3 is 1. The summed E-state index contributed by atoms with van der Waals surface area (Å²) in [7, 11) is 1.34. The molecule has 0 heterocycles. The molecule has 0 atom stereocenters. The highest BCUT2D eigenvalue weighted by Gasteiger charge is 2.19. The average Bonchev–Trinajstić information content (AvgIpc) is 2.78. The molecule has 0 saturated heterocycles. The van der Waals surface area contributed by atoms with Gasteiger partial charge < -0.3 is 19.3 Å². The Balaban J connectivity index is 1.80. The molecule has 160 valence electrons. The van der Waals surface area contributed by atoms with E-state index in [0.717, 1.165) is 24.0 Å². The van der Waals surface area contributed by atoms with Gasteiger partial charge in [0.05, 0.1) is 13.4 Å². The number of ether oxygens (including phenoxy) is 3. The molecule has 0 radical (unpaired) electrons. The van der Waals surface area contributed by atoms with Crippen LogP contribution in [-0.4, -0.2) is 18.2 Å². The number of halogens is 2. The summed E-state index contributed by atoms with van der Waals surface area (Å²) in [4.78, 5) is 11.5. The van der Waals surface area contributed by atoms with Gasteiger partial charge in [0.15, 0.2) is 17.3 Å². The summed E-state index contributed by atoms with van der Waals surface area (Å²) in [5.74, 6) is -3.76. The van der Waals surface area contributed by atoms with Crippen molar-refractivity contribution in [2.45, 2.75) is 13.2 Å². The van der Waals surface area contributed by atoms with E-state index in [1.165, 1.54) is 7.11 Å². The Labute approximate surface area is 178 Å². The quantitative estimate of drug-likeness (QED) is 0.377. The predicted octanol–water partition coefficient (Wildman–Crippen LogP) is 5.19. The van der Waals surface area contributed by atoms with Crippen molar-refractivity contribution in [3.63, 3.8) is 0 Å². The Kier molecular flexibility index (Phi) is 7.22. The number of hydrogen-bond donors (Lipinski definition) is 1. The minimum atomic E-state index is -1.18. The van der Waals surface area contributed by atoms with Crippen LogP contribution in [0.2, 0.25) is 0 Å². The maximum Gasteiger partial charge on any atom is 0.339 e. The van der Waals surface area contributed by atoms with Crippen LogP contribution in [0.1, 0.15) is 16.7 Å². The second-order valence-electron chi connectivity index (χ2n) is 6.48. The molecular weight excluding hydrogens is 406 g/mol. The zero-order valence-electron chi connectivity index (χ0n) is 16.7. The Morgan fingerprint density at radius 1 is 0.935 bits per heavy atom. The van der Waals surface area contributed by atoms with Crippen LogP contribution < -0.4 is 9.47 Å². The second kappa shape index (κ2) is 10.2. The molecule has 0 unspecified atom stereocenters. The predicted molar refractivity (Wildman–Crippen MR) is 111 cm³/mol. The van der Waals surface area contributed by atoms with Crippen molar-refractivity contribution in [2.75, 3.05) is 7.11 Å². The molecule has 0 aliphatic carbocycles. The van der Waals surface area contributed by atoms with Gasteiger partial charge in [-0.05, 0) is 28.8 Å². The molecule has 3 aromatic rings. The van der Waals surface area contributed by atoms with E-state index in [9.17, 15) is 18.7 Å². The fourth-order valence-electron chi connectivity index (χ4n) is 2.90. The summed E-state index contributed by atoms with van der Waals surface area (Å²) in [5, 5.41) is 9.42. The van der Waals surface area contributed by atoms with Crippen molar-refractivity contribution in [1.82, 2.24) is 0 Å². The van der Waals surface area contributed by atoms with Crippen LogP contribution in [0.3, 0.4) is 0 Å². The van der Waals surface area contributed by atoms with Gasteiger partial charge in [-0.2, -0.15) is 4.39 Å². The van der Waals surface area contributed by atoms with Crippen molar-refractivity contribution in [1.29, 1.82) is 0 Å². The maximum atomic E-state index is 14.8. The summed E-state index contributed by atoms with van der Waals surface area (Å²) in [6, 6.07) is 17.8. The van der Waals surface area contributed by atoms with Crippen LogP contribution in [0.5, 0.6) is 11.5 Å². The summed E-state index contributed by atoms with van der Waals surface area (Å²) in [5.41, 5.74) is 1.53. The van der Waals surface area contributed by atoms with Gasteiger partial charge in [-0.1, -0.05) is 54.6 Å². The van der Waals surface area contributed by atoms with Gasteiger partial charge in [-0.25, -0.2) is 9.18 Å². The Morgan fingerprint density at radius 2 is 1.65 bits per heavy atom. The maximum absolute atomic E-state index is 14.8. The van der Waals surface area contributed by atoms with Crippen LogP contribution in [0.15, 0.2) is 73.0 Å². The largest absolute Gasteiger partial charge is 0.503 e. The molecule has 5 nitrogen and oxygen atoms in total. The third-order valence-electron chi connectivity index (χ3n) is 4.40. The van der Waals surface area contributed by atoms with E-state index in [2.05, 4.69) is 0 Å². The molecule has 0 fully saturated rings. The number of benzene rings is 3. The molecule has 0 bridgehead atoms. The van der Waals surface area contributed by atoms with Crippen LogP contribution in [0.4, 0.5) is 8.78 Å². The van der Waals surface area contributed by atoms with E-state index in [1.807, 2.05) is 6.07 Å². The molecule has 0 saturated carbocycles. The summed E-state index contributed by atoms with van der Waals surface area (Å²) in [6.07, 6.45) is 1.11. The molecule has 7 heteroatoms. The zero-order valence-corrected chi connectivity index (χ0v) is 16.7. The van der Waals surface area contributed by atoms with E-state index in [-0.39, 0.29) is 24.5 Å². The normalized spacial score (nSPS) is 11.1. The number of carboxylic acid groups (broad SMARTS) is 1. The number of aliphatic carboxylic acids is 1. The van der Waals surface area contributed by atoms with Gasteiger partial charge in [-0.15, -0.1) is 0 Å². The lowest BCUT2D eigenvalue weighted by Gasteiger charge is -2.14. The highest BCUT2D eigenvalue weighted by atomic mass is 19.1. The molecular formula is C24H20F2O5. The van der Waals surface area contributed by atoms with Crippen LogP contribution in [-0.2, 0) is 22.7 Å². The number of rotatable bonds is 9. The summed E-state index contributed by atoms with van der Waals surface area (Å²) in [6.45, 7) is -0.157. The molecule has 0 aromatic heterocycles. The van der Waals surface area contributed by atoms with Gasteiger partial charge in [0.25, 0.3) is 0 Å². The number of carbonyl (C=O) groups is 1. The van der Waals surface area contributed by atoms with E-state index < -0.39 is 23.4 Å². The minimum Gasteiger partial charge on any atom is -0.503 e.